The molecule has 11 heteroatoms. The molecule has 200 valence electrons. The minimum Gasteiger partial charge on any atom is -0.457 e. The van der Waals surface area contributed by atoms with E-state index in [1.165, 1.54) is 48.5 Å². The first-order chi connectivity index (χ1) is 18.6. The van der Waals surface area contributed by atoms with Crippen LogP contribution in [0.2, 0.25) is 0 Å². The van der Waals surface area contributed by atoms with Gasteiger partial charge in [0.25, 0.3) is 5.69 Å². The summed E-state index contributed by atoms with van der Waals surface area (Å²) in [6, 6.07) is 17.5. The van der Waals surface area contributed by atoms with Gasteiger partial charge in [-0.05, 0) is 43.3 Å². The molecule has 0 aliphatic rings. The van der Waals surface area contributed by atoms with Gasteiger partial charge in [-0.1, -0.05) is 29.8 Å². The molecule has 0 bridgehead atoms. The number of non-ortho nitro benzene ring substituents is 1. The molecule has 3 aromatic rings. The van der Waals surface area contributed by atoms with Crippen molar-refractivity contribution in [2.45, 2.75) is 19.8 Å². The normalized spacial score (nSPS) is 10.3. The number of nitrogens with zero attached hydrogens (tertiary/aromatic N) is 1. The summed E-state index contributed by atoms with van der Waals surface area (Å²) in [6.45, 7) is 0.926. The van der Waals surface area contributed by atoms with E-state index in [4.69, 9.17) is 9.47 Å². The molecule has 1 N–H and O–H groups in total. The van der Waals surface area contributed by atoms with Crippen LogP contribution in [0.3, 0.4) is 0 Å². The zero-order chi connectivity index (χ0) is 28.4. The van der Waals surface area contributed by atoms with Crippen LogP contribution in [0.15, 0.2) is 72.8 Å². The van der Waals surface area contributed by atoms with Gasteiger partial charge in [0.15, 0.2) is 24.8 Å². The van der Waals surface area contributed by atoms with Crippen molar-refractivity contribution in [2.24, 2.45) is 0 Å². The Kier molecular flexibility index (Phi) is 9.74. The molecule has 0 aliphatic heterocycles. The number of Topliss-reactive ketones (excluding diaryl/α,β-unsaturated/α-hetero) is 2. The summed E-state index contributed by atoms with van der Waals surface area (Å²) >= 11 is 0. The maximum atomic E-state index is 12.2. The Morgan fingerprint density at radius 2 is 1.23 bits per heavy atom. The van der Waals surface area contributed by atoms with Gasteiger partial charge in [-0.3, -0.25) is 29.3 Å². The molecule has 3 aromatic carbocycles. The third kappa shape index (κ3) is 8.71. The Labute approximate surface area is 222 Å². The standard InChI is InChI=1S/C28H24N2O9/c1-18-2-4-19(5-3-18)25(32)17-39-28(35)21-6-10-22(11-7-21)29-26(33)14-15-27(34)38-16-24(31)20-8-12-23(13-9-20)30(36)37/h2-13H,14-17H2,1H3,(H,29,33). The molecule has 0 unspecified atom stereocenters. The molecule has 39 heavy (non-hydrogen) atoms. The summed E-state index contributed by atoms with van der Waals surface area (Å²) in [6.07, 6.45) is -0.492. The van der Waals surface area contributed by atoms with Gasteiger partial charge in [-0.2, -0.15) is 0 Å². The lowest BCUT2D eigenvalue weighted by Gasteiger charge is -2.08. The number of hydrogen-bond donors (Lipinski definition) is 1. The first kappa shape index (κ1) is 28.4. The molecule has 3 rings (SSSR count). The molecule has 1 amide bonds. The molecule has 0 radical (unpaired) electrons. The van der Waals surface area contributed by atoms with Crippen LogP contribution >= 0.6 is 0 Å². The summed E-state index contributed by atoms with van der Waals surface area (Å²) < 4.78 is 9.94. The monoisotopic (exact) mass is 532 g/mol. The van der Waals surface area contributed by atoms with Crippen molar-refractivity contribution >= 4 is 40.8 Å². The van der Waals surface area contributed by atoms with Gasteiger partial charge in [-0.15, -0.1) is 0 Å². The summed E-state index contributed by atoms with van der Waals surface area (Å²) in [7, 11) is 0. The SMILES string of the molecule is Cc1ccc(C(=O)COC(=O)c2ccc(NC(=O)CCC(=O)OCC(=O)c3ccc([N+](=O)[O-])cc3)cc2)cc1. The predicted molar refractivity (Wildman–Crippen MR) is 138 cm³/mol. The van der Waals surface area contributed by atoms with Crippen molar-refractivity contribution < 1.29 is 38.4 Å². The number of nitrogens with one attached hydrogen (secondary N) is 1. The second kappa shape index (κ2) is 13.4. The smallest absolute Gasteiger partial charge is 0.338 e. The summed E-state index contributed by atoms with van der Waals surface area (Å²) in [5, 5.41) is 13.2. The second-order valence-electron chi connectivity index (χ2n) is 8.38. The van der Waals surface area contributed by atoms with Crippen LogP contribution in [0.1, 0.15) is 49.5 Å². The average molecular weight is 533 g/mol. The number of rotatable bonds is 12. The number of carbonyl (C=O) groups is 5. The molecule has 11 nitrogen and oxygen atoms in total. The van der Waals surface area contributed by atoms with Gasteiger partial charge < -0.3 is 14.8 Å². The van der Waals surface area contributed by atoms with Crippen molar-refractivity contribution in [1.29, 1.82) is 0 Å². The quantitative estimate of drug-likeness (QED) is 0.157. The van der Waals surface area contributed by atoms with Crippen LogP contribution in [-0.2, 0) is 19.1 Å². The zero-order valence-corrected chi connectivity index (χ0v) is 20.9. The van der Waals surface area contributed by atoms with Crippen molar-refractivity contribution in [3.05, 3.63) is 105 Å². The number of nitro benzene ring substituents is 1. The molecule has 0 saturated carbocycles. The molecule has 0 spiro atoms. The fourth-order valence-corrected chi connectivity index (χ4v) is 3.24. The minimum absolute atomic E-state index is 0.149. The predicted octanol–water partition coefficient (Wildman–Crippen LogP) is 4.09. The number of ketones is 2. The number of esters is 2. The third-order valence-corrected chi connectivity index (χ3v) is 5.43. The Morgan fingerprint density at radius 3 is 1.79 bits per heavy atom. The molecule has 0 aromatic heterocycles. The van der Waals surface area contributed by atoms with Crippen LogP contribution in [0.5, 0.6) is 0 Å². The first-order valence-electron chi connectivity index (χ1n) is 11.7. The Hall–Kier alpha value is -5.19. The fourth-order valence-electron chi connectivity index (χ4n) is 3.24. The van der Waals surface area contributed by atoms with Crippen LogP contribution < -0.4 is 5.32 Å². The lowest BCUT2D eigenvalue weighted by Crippen LogP contribution is -2.17. The number of amides is 1. The van der Waals surface area contributed by atoms with Gasteiger partial charge >= 0.3 is 11.9 Å². The lowest BCUT2D eigenvalue weighted by atomic mass is 10.1. The minimum atomic E-state index is -0.765. The van der Waals surface area contributed by atoms with Gasteiger partial charge in [0.2, 0.25) is 5.91 Å². The maximum Gasteiger partial charge on any atom is 0.338 e. The highest BCUT2D eigenvalue weighted by Crippen LogP contribution is 2.14. The van der Waals surface area contributed by atoms with Crippen molar-refractivity contribution in [3.63, 3.8) is 0 Å². The summed E-state index contributed by atoms with van der Waals surface area (Å²) in [4.78, 5) is 70.5. The first-order valence-corrected chi connectivity index (χ1v) is 11.7. The molecule has 0 atom stereocenters. The average Bonchev–Trinajstić information content (AvgIpc) is 2.94. The number of aryl methyl sites for hydroxylation is 1. The van der Waals surface area contributed by atoms with E-state index in [0.717, 1.165) is 5.56 Å². The maximum absolute atomic E-state index is 12.2. The van der Waals surface area contributed by atoms with Gasteiger partial charge in [0.05, 0.1) is 16.9 Å². The zero-order valence-electron chi connectivity index (χ0n) is 20.9. The molecular formula is C28H24N2O9. The van der Waals surface area contributed by atoms with Gasteiger partial charge in [0, 0.05) is 35.4 Å². The molecule has 0 saturated heterocycles. The van der Waals surface area contributed by atoms with E-state index in [1.807, 2.05) is 6.92 Å². The van der Waals surface area contributed by atoms with Crippen molar-refractivity contribution in [3.8, 4) is 0 Å². The van der Waals surface area contributed by atoms with E-state index in [2.05, 4.69) is 5.32 Å². The van der Waals surface area contributed by atoms with Crippen molar-refractivity contribution in [1.82, 2.24) is 0 Å². The van der Waals surface area contributed by atoms with E-state index >= 15 is 0 Å². The van der Waals surface area contributed by atoms with Crippen LogP contribution in [0.25, 0.3) is 0 Å². The number of ether oxygens (including phenoxy) is 2. The molecule has 0 heterocycles. The van der Waals surface area contributed by atoms with Crippen LogP contribution in [0, 0.1) is 17.0 Å². The second-order valence-corrected chi connectivity index (χ2v) is 8.38. The highest BCUT2D eigenvalue weighted by molar-refractivity contribution is 6.00. The molecule has 0 fully saturated rings. The van der Waals surface area contributed by atoms with E-state index < -0.39 is 41.8 Å². The highest BCUT2D eigenvalue weighted by Gasteiger charge is 2.15. The number of hydrogen-bond acceptors (Lipinski definition) is 9. The van der Waals surface area contributed by atoms with E-state index in [9.17, 15) is 34.1 Å². The summed E-state index contributed by atoms with van der Waals surface area (Å²) in [5.41, 5.74) is 1.97. The fraction of sp³-hybridized carbons (Fsp3) is 0.179. The topological polar surface area (TPSA) is 159 Å². The van der Waals surface area contributed by atoms with Crippen LogP contribution in [0.4, 0.5) is 11.4 Å². The molecule has 0 aliphatic carbocycles. The number of nitro groups is 1. The van der Waals surface area contributed by atoms with Crippen molar-refractivity contribution in [2.75, 3.05) is 18.5 Å². The Morgan fingerprint density at radius 1 is 0.718 bits per heavy atom. The summed E-state index contributed by atoms with van der Waals surface area (Å²) in [5.74, 6) is -2.83. The number of carbonyl (C=O) groups excluding carboxylic acids is 5. The van der Waals surface area contributed by atoms with E-state index in [1.54, 1.807) is 24.3 Å². The van der Waals surface area contributed by atoms with E-state index in [0.29, 0.717) is 11.3 Å². The Bertz CT molecular complexity index is 1380. The highest BCUT2D eigenvalue weighted by atomic mass is 16.6. The van der Waals surface area contributed by atoms with Gasteiger partial charge in [0.1, 0.15) is 0 Å². The van der Waals surface area contributed by atoms with E-state index in [-0.39, 0.29) is 35.4 Å². The van der Waals surface area contributed by atoms with Crippen LogP contribution in [-0.4, -0.2) is 47.5 Å². The Balaban J connectivity index is 1.38. The lowest BCUT2D eigenvalue weighted by molar-refractivity contribution is -0.384. The molecular weight excluding hydrogens is 508 g/mol. The number of benzene rings is 3. The van der Waals surface area contributed by atoms with Gasteiger partial charge in [-0.25, -0.2) is 4.79 Å². The third-order valence-electron chi connectivity index (χ3n) is 5.43. The number of anilines is 1. The largest absolute Gasteiger partial charge is 0.457 e.